The molecule has 0 radical (unpaired) electrons. The molecule has 0 aromatic heterocycles. The number of hydrogen-bond acceptors (Lipinski definition) is 3. The third-order valence-electron chi connectivity index (χ3n) is 2.85. The summed E-state index contributed by atoms with van der Waals surface area (Å²) in [6.45, 7) is 1.14. The molecule has 0 saturated carbocycles. The number of rotatable bonds is 2. The molecule has 1 saturated heterocycles. The van der Waals surface area contributed by atoms with Crippen LogP contribution in [0.5, 0.6) is 0 Å². The molecule has 1 aromatic carbocycles. The molecule has 2 rings (SSSR count). The molecule has 18 heavy (non-hydrogen) atoms. The second-order valence-electron chi connectivity index (χ2n) is 4.21. The van der Waals surface area contributed by atoms with Crippen molar-refractivity contribution in [3.63, 3.8) is 0 Å². The lowest BCUT2D eigenvalue weighted by Gasteiger charge is -2.25. The van der Waals surface area contributed by atoms with Crippen molar-refractivity contribution < 1.29 is 14.3 Å². The van der Waals surface area contributed by atoms with Gasteiger partial charge in [0, 0.05) is 31.0 Å². The van der Waals surface area contributed by atoms with Crippen molar-refractivity contribution in [1.82, 2.24) is 4.90 Å². The molecular weight excluding hydrogens is 254 g/mol. The quantitative estimate of drug-likeness (QED) is 0.828. The predicted octanol–water partition coefficient (Wildman–Crippen LogP) is 2.64. The van der Waals surface area contributed by atoms with Gasteiger partial charge in [0.15, 0.2) is 0 Å². The molecule has 96 valence electrons. The van der Waals surface area contributed by atoms with Gasteiger partial charge in [-0.05, 0) is 17.7 Å². The van der Waals surface area contributed by atoms with Crippen molar-refractivity contribution in [2.45, 2.75) is 19.4 Å². The molecular formula is C13H14ClNO3. The Hall–Kier alpha value is -1.55. The molecule has 1 aliphatic rings. The van der Waals surface area contributed by atoms with Crippen LogP contribution in [0.2, 0.25) is 5.02 Å². The Balaban J connectivity index is 1.81. The number of piperidine rings is 1. The topological polar surface area (TPSA) is 46.6 Å². The molecule has 5 heteroatoms. The maximum absolute atomic E-state index is 11.7. The Morgan fingerprint density at radius 3 is 2.44 bits per heavy atom. The van der Waals surface area contributed by atoms with Gasteiger partial charge in [0.25, 0.3) is 0 Å². The highest BCUT2D eigenvalue weighted by atomic mass is 35.5. The molecule has 1 fully saturated rings. The largest absolute Gasteiger partial charge is 0.445 e. The van der Waals surface area contributed by atoms with Gasteiger partial charge in [-0.2, -0.15) is 0 Å². The SMILES string of the molecule is O=C1CCN(C(=O)OCc2ccc(Cl)cc2)CC1. The molecule has 1 heterocycles. The van der Waals surface area contributed by atoms with Gasteiger partial charge < -0.3 is 9.64 Å². The number of carbonyl (C=O) groups excluding carboxylic acids is 2. The Kier molecular flexibility index (Phi) is 4.20. The number of halogens is 1. The van der Waals surface area contributed by atoms with E-state index in [4.69, 9.17) is 16.3 Å². The summed E-state index contributed by atoms with van der Waals surface area (Å²) in [5, 5.41) is 0.652. The van der Waals surface area contributed by atoms with Crippen LogP contribution in [0.4, 0.5) is 4.79 Å². The Morgan fingerprint density at radius 1 is 1.22 bits per heavy atom. The van der Waals surface area contributed by atoms with Gasteiger partial charge in [-0.15, -0.1) is 0 Å². The van der Waals surface area contributed by atoms with Gasteiger partial charge in [-0.1, -0.05) is 23.7 Å². The van der Waals surface area contributed by atoms with Crippen LogP contribution < -0.4 is 0 Å². The van der Waals surface area contributed by atoms with E-state index in [1.54, 1.807) is 17.0 Å². The van der Waals surface area contributed by atoms with E-state index < -0.39 is 0 Å². The summed E-state index contributed by atoms with van der Waals surface area (Å²) in [4.78, 5) is 24.3. The third-order valence-corrected chi connectivity index (χ3v) is 3.11. The standard InChI is InChI=1S/C13H14ClNO3/c14-11-3-1-10(2-4-11)9-18-13(17)15-7-5-12(16)6-8-15/h1-4H,5-9H2. The van der Waals surface area contributed by atoms with E-state index in [9.17, 15) is 9.59 Å². The third kappa shape index (κ3) is 3.47. The maximum atomic E-state index is 11.7. The Labute approximate surface area is 110 Å². The Bertz CT molecular complexity index is 434. The van der Waals surface area contributed by atoms with Gasteiger partial charge in [0.1, 0.15) is 12.4 Å². The molecule has 4 nitrogen and oxygen atoms in total. The normalized spacial score (nSPS) is 15.6. The summed E-state index contributed by atoms with van der Waals surface area (Å²) in [6, 6.07) is 7.14. The zero-order chi connectivity index (χ0) is 13.0. The summed E-state index contributed by atoms with van der Waals surface area (Å²) in [5.74, 6) is 0.205. The summed E-state index contributed by atoms with van der Waals surface area (Å²) < 4.78 is 5.18. The molecule has 1 aromatic rings. The monoisotopic (exact) mass is 267 g/mol. The van der Waals surface area contributed by atoms with Crippen LogP contribution in [0.3, 0.4) is 0 Å². The van der Waals surface area contributed by atoms with E-state index in [2.05, 4.69) is 0 Å². The van der Waals surface area contributed by atoms with Crippen molar-refractivity contribution in [3.05, 3.63) is 34.9 Å². The van der Waals surface area contributed by atoms with Crippen molar-refractivity contribution >= 4 is 23.5 Å². The van der Waals surface area contributed by atoms with E-state index in [1.807, 2.05) is 12.1 Å². The lowest BCUT2D eigenvalue weighted by molar-refractivity contribution is -0.121. The molecule has 0 spiro atoms. The molecule has 0 N–H and O–H groups in total. The van der Waals surface area contributed by atoms with Crippen molar-refractivity contribution in [1.29, 1.82) is 0 Å². The van der Waals surface area contributed by atoms with E-state index in [-0.39, 0.29) is 18.5 Å². The molecule has 1 amide bonds. The van der Waals surface area contributed by atoms with Crippen LogP contribution in [-0.2, 0) is 16.1 Å². The van der Waals surface area contributed by atoms with Gasteiger partial charge in [-0.3, -0.25) is 4.79 Å². The average Bonchev–Trinajstić information content (AvgIpc) is 2.38. The van der Waals surface area contributed by atoms with Crippen molar-refractivity contribution in [2.24, 2.45) is 0 Å². The number of Topliss-reactive ketones (excluding diaryl/α,β-unsaturated/α-hetero) is 1. The average molecular weight is 268 g/mol. The van der Waals surface area contributed by atoms with Crippen LogP contribution in [0.1, 0.15) is 18.4 Å². The minimum absolute atomic E-state index is 0.205. The fourth-order valence-electron chi connectivity index (χ4n) is 1.76. The number of hydrogen-bond donors (Lipinski definition) is 0. The van der Waals surface area contributed by atoms with Crippen LogP contribution in [0.25, 0.3) is 0 Å². The van der Waals surface area contributed by atoms with E-state index in [0.29, 0.717) is 31.0 Å². The lowest BCUT2D eigenvalue weighted by atomic mass is 10.1. The molecule has 0 aliphatic carbocycles. The second kappa shape index (κ2) is 5.87. The van der Waals surface area contributed by atoms with E-state index >= 15 is 0 Å². The van der Waals surface area contributed by atoms with Crippen molar-refractivity contribution in [3.8, 4) is 0 Å². The second-order valence-corrected chi connectivity index (χ2v) is 4.64. The summed E-state index contributed by atoms with van der Waals surface area (Å²) in [7, 11) is 0. The smallest absolute Gasteiger partial charge is 0.410 e. The van der Waals surface area contributed by atoms with Gasteiger partial charge in [0.05, 0.1) is 0 Å². The minimum Gasteiger partial charge on any atom is -0.445 e. The van der Waals surface area contributed by atoms with Crippen LogP contribution >= 0.6 is 11.6 Å². The van der Waals surface area contributed by atoms with E-state index in [0.717, 1.165) is 5.56 Å². The number of ether oxygens (including phenoxy) is 1. The lowest BCUT2D eigenvalue weighted by Crippen LogP contribution is -2.38. The Morgan fingerprint density at radius 2 is 1.83 bits per heavy atom. The van der Waals surface area contributed by atoms with Gasteiger partial charge in [0.2, 0.25) is 0 Å². The predicted molar refractivity (Wildman–Crippen MR) is 67.5 cm³/mol. The van der Waals surface area contributed by atoms with Crippen LogP contribution in [0.15, 0.2) is 24.3 Å². The first-order valence-corrected chi connectivity index (χ1v) is 6.21. The zero-order valence-corrected chi connectivity index (χ0v) is 10.7. The highest BCUT2D eigenvalue weighted by molar-refractivity contribution is 6.30. The summed E-state index contributed by atoms with van der Waals surface area (Å²) in [5.41, 5.74) is 0.890. The number of benzene rings is 1. The molecule has 0 unspecified atom stereocenters. The fraction of sp³-hybridized carbons (Fsp3) is 0.385. The van der Waals surface area contributed by atoms with Gasteiger partial charge >= 0.3 is 6.09 Å². The van der Waals surface area contributed by atoms with Gasteiger partial charge in [-0.25, -0.2) is 4.79 Å². The molecule has 0 bridgehead atoms. The maximum Gasteiger partial charge on any atom is 0.410 e. The number of likely N-dealkylation sites (tertiary alicyclic amines) is 1. The van der Waals surface area contributed by atoms with Crippen LogP contribution in [0, 0.1) is 0 Å². The summed E-state index contributed by atoms with van der Waals surface area (Å²) in [6.07, 6.45) is 0.490. The first kappa shape index (κ1) is 12.9. The van der Waals surface area contributed by atoms with E-state index in [1.165, 1.54) is 0 Å². The highest BCUT2D eigenvalue weighted by Gasteiger charge is 2.21. The first-order valence-electron chi connectivity index (χ1n) is 5.83. The van der Waals surface area contributed by atoms with Crippen LogP contribution in [-0.4, -0.2) is 29.9 Å². The number of carbonyl (C=O) groups is 2. The number of ketones is 1. The molecule has 1 aliphatic heterocycles. The first-order chi connectivity index (χ1) is 8.65. The number of nitrogens with zero attached hydrogens (tertiary/aromatic N) is 1. The zero-order valence-electron chi connectivity index (χ0n) is 9.89. The fourth-order valence-corrected chi connectivity index (χ4v) is 1.88. The minimum atomic E-state index is -0.363. The molecule has 0 atom stereocenters. The van der Waals surface area contributed by atoms with Crippen molar-refractivity contribution in [2.75, 3.05) is 13.1 Å². The summed E-state index contributed by atoms with van der Waals surface area (Å²) >= 11 is 5.76. The number of amides is 1. The highest BCUT2D eigenvalue weighted by Crippen LogP contribution is 2.12.